The number of hydrogen-bond acceptors (Lipinski definition) is 8. The molecule has 2 saturated heterocycles. The van der Waals surface area contributed by atoms with E-state index < -0.39 is 0 Å². The molecule has 0 spiro atoms. The first-order chi connectivity index (χ1) is 15.7. The van der Waals surface area contributed by atoms with Crippen LogP contribution in [-0.4, -0.2) is 64.8 Å². The molecule has 2 aromatic carbocycles. The lowest BCUT2D eigenvalue weighted by atomic mass is 10.1. The number of ether oxygens (including phenoxy) is 1. The zero-order chi connectivity index (χ0) is 21.9. The van der Waals surface area contributed by atoms with Gasteiger partial charge in [-0.3, -0.25) is 4.90 Å². The van der Waals surface area contributed by atoms with E-state index in [0.29, 0.717) is 35.0 Å². The highest BCUT2D eigenvalue weighted by molar-refractivity contribution is 5.66. The summed E-state index contributed by atoms with van der Waals surface area (Å²) in [7, 11) is 0. The standard InChI is InChI=1S/C24H25N7O/c1-17-13-30(10-11-31(17)21-14-32-15-21)20-8-6-19(7-9-20)28-24-27-16-26-23(29-24)22-5-3-2-4-18(22)12-25/h2-9,16-17,21H,10-11,13-15H2,1H3,(H,26,27,28,29)/t17-/m0/s1. The molecule has 162 valence electrons. The average molecular weight is 428 g/mol. The minimum Gasteiger partial charge on any atom is -0.378 e. The van der Waals surface area contributed by atoms with Crippen LogP contribution in [0.4, 0.5) is 17.3 Å². The van der Waals surface area contributed by atoms with Crippen LogP contribution in [0.25, 0.3) is 11.4 Å². The van der Waals surface area contributed by atoms with Crippen molar-refractivity contribution in [2.24, 2.45) is 0 Å². The van der Waals surface area contributed by atoms with Crippen LogP contribution in [0.1, 0.15) is 12.5 Å². The lowest BCUT2D eigenvalue weighted by Gasteiger charge is -2.47. The van der Waals surface area contributed by atoms with Crippen LogP contribution in [0.3, 0.4) is 0 Å². The first-order valence-corrected chi connectivity index (χ1v) is 10.9. The molecule has 2 fully saturated rings. The number of anilines is 3. The molecule has 5 rings (SSSR count). The molecule has 3 aromatic rings. The maximum atomic E-state index is 9.34. The van der Waals surface area contributed by atoms with Gasteiger partial charge >= 0.3 is 0 Å². The Morgan fingerprint density at radius 2 is 1.88 bits per heavy atom. The summed E-state index contributed by atoms with van der Waals surface area (Å²) >= 11 is 0. The normalized spacial score (nSPS) is 19.2. The van der Waals surface area contributed by atoms with Gasteiger partial charge in [-0.1, -0.05) is 12.1 Å². The van der Waals surface area contributed by atoms with Crippen molar-refractivity contribution >= 4 is 17.3 Å². The molecule has 2 aliphatic rings. The van der Waals surface area contributed by atoms with Gasteiger partial charge in [0.15, 0.2) is 5.82 Å². The monoisotopic (exact) mass is 427 g/mol. The van der Waals surface area contributed by atoms with Crippen molar-refractivity contribution in [1.29, 1.82) is 5.26 Å². The van der Waals surface area contributed by atoms with Crippen LogP contribution in [-0.2, 0) is 4.74 Å². The average Bonchev–Trinajstić information content (AvgIpc) is 2.80. The summed E-state index contributed by atoms with van der Waals surface area (Å²) in [4.78, 5) is 18.0. The summed E-state index contributed by atoms with van der Waals surface area (Å²) in [5.74, 6) is 0.917. The molecular formula is C24H25N7O. The molecule has 1 N–H and O–H groups in total. The first-order valence-electron chi connectivity index (χ1n) is 10.9. The Morgan fingerprint density at radius 3 is 2.59 bits per heavy atom. The van der Waals surface area contributed by atoms with Crippen LogP contribution < -0.4 is 10.2 Å². The molecule has 0 amide bonds. The Labute approximate surface area is 187 Å². The van der Waals surface area contributed by atoms with E-state index in [4.69, 9.17) is 4.74 Å². The molecule has 3 heterocycles. The second-order valence-electron chi connectivity index (χ2n) is 8.19. The SMILES string of the molecule is C[C@H]1CN(c2ccc(Nc3ncnc(-c4ccccc4C#N)n3)cc2)CCN1C1COC1. The smallest absolute Gasteiger partial charge is 0.230 e. The minimum atomic E-state index is 0.445. The van der Waals surface area contributed by atoms with Crippen molar-refractivity contribution < 1.29 is 4.74 Å². The van der Waals surface area contributed by atoms with E-state index in [0.717, 1.165) is 38.5 Å². The summed E-state index contributed by atoms with van der Waals surface area (Å²) in [6, 6.07) is 18.9. The first kappa shape index (κ1) is 20.4. The molecule has 8 nitrogen and oxygen atoms in total. The number of nitrogens with one attached hydrogen (secondary N) is 1. The van der Waals surface area contributed by atoms with Crippen molar-refractivity contribution in [3.63, 3.8) is 0 Å². The molecular weight excluding hydrogens is 402 g/mol. The van der Waals surface area contributed by atoms with E-state index in [1.807, 2.05) is 30.3 Å². The van der Waals surface area contributed by atoms with Gasteiger partial charge in [-0.05, 0) is 43.3 Å². The third-order valence-corrected chi connectivity index (χ3v) is 6.12. The minimum absolute atomic E-state index is 0.445. The van der Waals surface area contributed by atoms with E-state index in [-0.39, 0.29) is 0 Å². The highest BCUT2D eigenvalue weighted by Crippen LogP contribution is 2.25. The molecule has 0 unspecified atom stereocenters. The van der Waals surface area contributed by atoms with Gasteiger partial charge in [0.25, 0.3) is 0 Å². The van der Waals surface area contributed by atoms with Crippen LogP contribution in [0, 0.1) is 11.3 Å². The molecule has 0 aliphatic carbocycles. The van der Waals surface area contributed by atoms with Crippen molar-refractivity contribution in [2.75, 3.05) is 43.1 Å². The molecule has 32 heavy (non-hydrogen) atoms. The van der Waals surface area contributed by atoms with Crippen molar-refractivity contribution in [2.45, 2.75) is 19.0 Å². The van der Waals surface area contributed by atoms with E-state index in [9.17, 15) is 5.26 Å². The van der Waals surface area contributed by atoms with Gasteiger partial charge in [-0.15, -0.1) is 0 Å². The predicted molar refractivity (Wildman–Crippen MR) is 123 cm³/mol. The van der Waals surface area contributed by atoms with Crippen LogP contribution >= 0.6 is 0 Å². The van der Waals surface area contributed by atoms with Crippen molar-refractivity contribution in [1.82, 2.24) is 19.9 Å². The third kappa shape index (κ3) is 4.13. The Morgan fingerprint density at radius 1 is 1.06 bits per heavy atom. The fourth-order valence-corrected chi connectivity index (χ4v) is 4.31. The lowest BCUT2D eigenvalue weighted by Crippen LogP contribution is -2.60. The van der Waals surface area contributed by atoms with Gasteiger partial charge in [0.1, 0.15) is 6.33 Å². The highest BCUT2D eigenvalue weighted by atomic mass is 16.5. The molecule has 8 heteroatoms. The summed E-state index contributed by atoms with van der Waals surface area (Å²) in [6.45, 7) is 7.12. The second kappa shape index (κ2) is 8.91. The summed E-state index contributed by atoms with van der Waals surface area (Å²) < 4.78 is 5.36. The maximum absolute atomic E-state index is 9.34. The van der Waals surface area contributed by atoms with Crippen molar-refractivity contribution in [3.8, 4) is 17.5 Å². The molecule has 2 aliphatic heterocycles. The van der Waals surface area contributed by atoms with Gasteiger partial charge in [-0.2, -0.15) is 10.2 Å². The number of hydrogen-bond donors (Lipinski definition) is 1. The largest absolute Gasteiger partial charge is 0.378 e. The Balaban J connectivity index is 1.26. The van der Waals surface area contributed by atoms with Gasteiger partial charge in [0.2, 0.25) is 5.95 Å². The quantitative estimate of drug-likeness (QED) is 0.664. The Kier molecular flexibility index (Phi) is 5.67. The molecule has 0 saturated carbocycles. The lowest BCUT2D eigenvalue weighted by molar-refractivity contribution is -0.0792. The van der Waals surface area contributed by atoms with Gasteiger partial charge in [0.05, 0.1) is 30.9 Å². The second-order valence-corrected chi connectivity index (χ2v) is 8.19. The maximum Gasteiger partial charge on any atom is 0.230 e. The van der Waals surface area contributed by atoms with Gasteiger partial charge in [-0.25, -0.2) is 9.97 Å². The fourth-order valence-electron chi connectivity index (χ4n) is 4.31. The topological polar surface area (TPSA) is 90.2 Å². The number of rotatable bonds is 5. The molecule has 0 radical (unpaired) electrons. The van der Waals surface area contributed by atoms with Crippen LogP contribution in [0.5, 0.6) is 0 Å². The zero-order valence-corrected chi connectivity index (χ0v) is 18.0. The fraction of sp³-hybridized carbons (Fsp3) is 0.333. The Bertz CT molecular complexity index is 1120. The van der Waals surface area contributed by atoms with E-state index >= 15 is 0 Å². The van der Waals surface area contributed by atoms with E-state index in [2.05, 4.69) is 55.2 Å². The van der Waals surface area contributed by atoms with E-state index in [1.54, 1.807) is 6.07 Å². The summed E-state index contributed by atoms with van der Waals surface area (Å²) in [6.07, 6.45) is 1.46. The van der Waals surface area contributed by atoms with Gasteiger partial charge in [0, 0.05) is 42.6 Å². The zero-order valence-electron chi connectivity index (χ0n) is 18.0. The summed E-state index contributed by atoms with van der Waals surface area (Å²) in [5, 5.41) is 12.6. The Hall–Kier alpha value is -3.54. The van der Waals surface area contributed by atoms with Crippen LogP contribution in [0.15, 0.2) is 54.9 Å². The van der Waals surface area contributed by atoms with Gasteiger partial charge < -0.3 is 15.0 Å². The number of nitrogens with zero attached hydrogens (tertiary/aromatic N) is 6. The summed E-state index contributed by atoms with van der Waals surface area (Å²) in [5.41, 5.74) is 3.34. The molecule has 0 bridgehead atoms. The number of piperazine rings is 1. The van der Waals surface area contributed by atoms with Crippen molar-refractivity contribution in [3.05, 3.63) is 60.4 Å². The number of nitriles is 1. The number of aromatic nitrogens is 3. The number of benzene rings is 2. The van der Waals surface area contributed by atoms with E-state index in [1.165, 1.54) is 12.0 Å². The predicted octanol–water partition coefficient (Wildman–Crippen LogP) is 3.06. The molecule has 1 atom stereocenters. The third-order valence-electron chi connectivity index (χ3n) is 6.12. The molecule has 1 aromatic heterocycles. The highest BCUT2D eigenvalue weighted by Gasteiger charge is 2.33. The van der Waals surface area contributed by atoms with Crippen LogP contribution in [0.2, 0.25) is 0 Å².